The zero-order chi connectivity index (χ0) is 22.8. The summed E-state index contributed by atoms with van der Waals surface area (Å²) in [4.78, 5) is 34.1. The number of ether oxygens (including phenoxy) is 4. The summed E-state index contributed by atoms with van der Waals surface area (Å²) in [6.45, 7) is 2.19. The highest BCUT2D eigenvalue weighted by Gasteiger charge is 2.18. The van der Waals surface area contributed by atoms with Crippen molar-refractivity contribution in [3.8, 4) is 23.0 Å². The monoisotopic (exact) mass is 482 g/mol. The largest absolute Gasteiger partial charge is 0.454 e. The number of fused-ring (bicyclic) bond motifs is 2. The van der Waals surface area contributed by atoms with E-state index < -0.39 is 0 Å². The summed E-state index contributed by atoms with van der Waals surface area (Å²) in [5.74, 6) is 2.73. The minimum absolute atomic E-state index is 0.0400. The predicted octanol–water partition coefficient (Wildman–Crippen LogP) is 4.19. The standard InChI is InChI=1S/C23H18N2O6S2/c1-13-6-22(32-9-16(26)14-2-4-18-20(7-14)30-11-28-18)25-23(24-13)33-10-17(27)15-3-5-19-21(8-15)31-12-29-19/h2-8H,9-12H2,1H3. The zero-order valence-corrected chi connectivity index (χ0v) is 19.2. The highest BCUT2D eigenvalue weighted by atomic mass is 32.2. The van der Waals surface area contributed by atoms with Gasteiger partial charge in [0.05, 0.1) is 11.5 Å². The number of hydrogen-bond donors (Lipinski definition) is 0. The predicted molar refractivity (Wildman–Crippen MR) is 122 cm³/mol. The summed E-state index contributed by atoms with van der Waals surface area (Å²) in [6, 6.07) is 12.1. The SMILES string of the molecule is Cc1cc(SCC(=O)c2ccc3c(c2)OCO3)nc(SCC(=O)c2ccc3c(c2)OCO3)n1. The fraction of sp³-hybridized carbons (Fsp3) is 0.217. The van der Waals surface area contributed by atoms with Gasteiger partial charge < -0.3 is 18.9 Å². The maximum Gasteiger partial charge on any atom is 0.231 e. The summed E-state index contributed by atoms with van der Waals surface area (Å²) in [7, 11) is 0. The minimum atomic E-state index is -0.0596. The van der Waals surface area contributed by atoms with Crippen LogP contribution in [0.1, 0.15) is 26.4 Å². The van der Waals surface area contributed by atoms with Crippen LogP contribution in [0.2, 0.25) is 0 Å². The normalized spacial score (nSPS) is 13.2. The van der Waals surface area contributed by atoms with E-state index in [1.165, 1.54) is 23.5 Å². The number of carbonyl (C=O) groups excluding carboxylic acids is 2. The fourth-order valence-electron chi connectivity index (χ4n) is 3.23. The van der Waals surface area contributed by atoms with E-state index >= 15 is 0 Å². The lowest BCUT2D eigenvalue weighted by molar-refractivity contribution is 0.101. The molecule has 1 aromatic heterocycles. The molecule has 0 spiro atoms. The molecule has 168 valence electrons. The molecule has 0 saturated carbocycles. The highest BCUT2D eigenvalue weighted by Crippen LogP contribution is 2.34. The Kier molecular flexibility index (Phi) is 6.10. The van der Waals surface area contributed by atoms with Crippen LogP contribution in [-0.2, 0) is 0 Å². The maximum atomic E-state index is 12.6. The van der Waals surface area contributed by atoms with Gasteiger partial charge in [0.1, 0.15) is 5.03 Å². The van der Waals surface area contributed by atoms with E-state index in [4.69, 9.17) is 18.9 Å². The van der Waals surface area contributed by atoms with Crippen LogP contribution in [0.4, 0.5) is 0 Å². The van der Waals surface area contributed by atoms with Crippen molar-refractivity contribution in [2.24, 2.45) is 0 Å². The Labute approximate surface area is 198 Å². The third-order valence-corrected chi connectivity index (χ3v) is 6.64. The number of aromatic nitrogens is 2. The van der Waals surface area contributed by atoms with Crippen LogP contribution < -0.4 is 18.9 Å². The Hall–Kier alpha value is -3.24. The number of aryl methyl sites for hydroxylation is 1. The maximum absolute atomic E-state index is 12.6. The Morgan fingerprint density at radius 3 is 1.91 bits per heavy atom. The van der Waals surface area contributed by atoms with Gasteiger partial charge in [-0.25, -0.2) is 9.97 Å². The Morgan fingerprint density at radius 1 is 0.758 bits per heavy atom. The number of rotatable bonds is 8. The lowest BCUT2D eigenvalue weighted by Crippen LogP contribution is -2.05. The summed E-state index contributed by atoms with van der Waals surface area (Å²) in [5, 5.41) is 1.16. The molecule has 2 aliphatic rings. The molecule has 3 heterocycles. The number of benzene rings is 2. The number of thioether (sulfide) groups is 2. The summed E-state index contributed by atoms with van der Waals surface area (Å²) >= 11 is 2.58. The van der Waals surface area contributed by atoms with Gasteiger partial charge in [-0.3, -0.25) is 9.59 Å². The van der Waals surface area contributed by atoms with Gasteiger partial charge in [-0.05, 0) is 49.4 Å². The quantitative estimate of drug-likeness (QED) is 0.201. The minimum Gasteiger partial charge on any atom is -0.454 e. The lowest BCUT2D eigenvalue weighted by atomic mass is 10.1. The van der Waals surface area contributed by atoms with Crippen molar-refractivity contribution in [3.63, 3.8) is 0 Å². The van der Waals surface area contributed by atoms with Crippen molar-refractivity contribution in [3.05, 3.63) is 59.3 Å². The van der Waals surface area contributed by atoms with E-state index in [-0.39, 0.29) is 36.7 Å². The third kappa shape index (κ3) is 4.91. The Morgan fingerprint density at radius 2 is 1.30 bits per heavy atom. The second-order valence-electron chi connectivity index (χ2n) is 7.19. The molecule has 0 radical (unpaired) electrons. The van der Waals surface area contributed by atoms with Crippen molar-refractivity contribution < 1.29 is 28.5 Å². The van der Waals surface area contributed by atoms with E-state index in [0.29, 0.717) is 44.3 Å². The Bertz CT molecular complexity index is 1160. The van der Waals surface area contributed by atoms with Crippen LogP contribution in [0.15, 0.2) is 52.6 Å². The number of nitrogens with zero attached hydrogens (tertiary/aromatic N) is 2. The van der Waals surface area contributed by atoms with Crippen molar-refractivity contribution >= 4 is 35.1 Å². The molecule has 0 atom stereocenters. The summed E-state index contributed by atoms with van der Waals surface area (Å²) < 4.78 is 21.2. The molecule has 0 amide bonds. The van der Waals surface area contributed by atoms with Gasteiger partial charge in [0.15, 0.2) is 39.7 Å². The first-order valence-corrected chi connectivity index (χ1v) is 12.0. The highest BCUT2D eigenvalue weighted by molar-refractivity contribution is 8.00. The Balaban J connectivity index is 1.20. The molecule has 0 N–H and O–H groups in total. The van der Waals surface area contributed by atoms with Crippen LogP contribution in [0, 0.1) is 6.92 Å². The van der Waals surface area contributed by atoms with Crippen molar-refractivity contribution in [1.29, 1.82) is 0 Å². The van der Waals surface area contributed by atoms with Crippen molar-refractivity contribution in [1.82, 2.24) is 9.97 Å². The molecule has 10 heteroatoms. The molecular weight excluding hydrogens is 464 g/mol. The number of hydrogen-bond acceptors (Lipinski definition) is 10. The van der Waals surface area contributed by atoms with Crippen molar-refractivity contribution in [2.45, 2.75) is 17.1 Å². The van der Waals surface area contributed by atoms with Gasteiger partial charge in [-0.15, -0.1) is 0 Å². The van der Waals surface area contributed by atoms with E-state index in [1.54, 1.807) is 36.4 Å². The van der Waals surface area contributed by atoms with Gasteiger partial charge in [0.2, 0.25) is 13.6 Å². The average molecular weight is 483 g/mol. The number of carbonyl (C=O) groups is 2. The van der Waals surface area contributed by atoms with Crippen LogP contribution >= 0.6 is 23.5 Å². The molecule has 0 saturated heterocycles. The molecule has 2 aliphatic heterocycles. The van der Waals surface area contributed by atoms with Gasteiger partial charge >= 0.3 is 0 Å². The molecule has 0 aliphatic carbocycles. The van der Waals surface area contributed by atoms with E-state index in [9.17, 15) is 9.59 Å². The van der Waals surface area contributed by atoms with E-state index in [2.05, 4.69) is 9.97 Å². The van der Waals surface area contributed by atoms with Gasteiger partial charge in [-0.2, -0.15) is 0 Å². The molecule has 0 bridgehead atoms. The van der Waals surface area contributed by atoms with Crippen molar-refractivity contribution in [2.75, 3.05) is 25.1 Å². The van der Waals surface area contributed by atoms with Gasteiger partial charge in [-0.1, -0.05) is 23.5 Å². The first-order valence-electron chi connectivity index (χ1n) is 10.0. The number of Topliss-reactive ketones (excluding diaryl/α,β-unsaturated/α-hetero) is 2. The molecular formula is C23H18N2O6S2. The van der Waals surface area contributed by atoms with E-state index in [0.717, 1.165) is 5.69 Å². The van der Waals surface area contributed by atoms with E-state index in [1.807, 2.05) is 13.0 Å². The van der Waals surface area contributed by atoms with Crippen LogP contribution in [-0.4, -0.2) is 46.6 Å². The lowest BCUT2D eigenvalue weighted by Gasteiger charge is -2.06. The molecule has 3 aromatic rings. The number of ketones is 2. The zero-order valence-electron chi connectivity index (χ0n) is 17.5. The molecule has 2 aromatic carbocycles. The van der Waals surface area contributed by atoms with Gasteiger partial charge in [0.25, 0.3) is 0 Å². The van der Waals surface area contributed by atoms with Crippen LogP contribution in [0.3, 0.4) is 0 Å². The second-order valence-corrected chi connectivity index (χ2v) is 9.13. The molecule has 0 fully saturated rings. The summed E-state index contributed by atoms with van der Waals surface area (Å²) in [6.07, 6.45) is 0. The topological polar surface area (TPSA) is 96.8 Å². The van der Waals surface area contributed by atoms with Crippen LogP contribution in [0.5, 0.6) is 23.0 Å². The first-order chi connectivity index (χ1) is 16.0. The summed E-state index contributed by atoms with van der Waals surface area (Å²) in [5.41, 5.74) is 1.87. The van der Waals surface area contributed by atoms with Crippen LogP contribution in [0.25, 0.3) is 0 Å². The molecule has 33 heavy (non-hydrogen) atoms. The third-order valence-electron chi connectivity index (χ3n) is 4.88. The second kappa shape index (κ2) is 9.32. The molecule has 8 nitrogen and oxygen atoms in total. The average Bonchev–Trinajstić information content (AvgIpc) is 3.48. The molecule has 0 unspecified atom stereocenters. The molecule has 5 rings (SSSR count). The fourth-order valence-corrected chi connectivity index (χ4v) is 4.93. The first kappa shape index (κ1) is 21.6. The smallest absolute Gasteiger partial charge is 0.231 e. The van der Waals surface area contributed by atoms with Gasteiger partial charge in [0, 0.05) is 16.8 Å².